The molecule has 0 aliphatic carbocycles. The molecule has 0 unspecified atom stereocenters. The van der Waals surface area contributed by atoms with Crippen molar-refractivity contribution < 1.29 is 4.39 Å². The van der Waals surface area contributed by atoms with Crippen LogP contribution in [0, 0.1) is 19.7 Å². The molecule has 2 aromatic carbocycles. The predicted molar refractivity (Wildman–Crippen MR) is 87.2 cm³/mol. The number of nitrogens with one attached hydrogen (secondary N) is 2. The lowest BCUT2D eigenvalue weighted by Crippen LogP contribution is -2.19. The van der Waals surface area contributed by atoms with Crippen LogP contribution in [0.3, 0.4) is 0 Å². The minimum Gasteiger partial charge on any atom is -0.332 e. The summed E-state index contributed by atoms with van der Waals surface area (Å²) in [5.41, 5.74) is 2.97. The van der Waals surface area contributed by atoms with E-state index >= 15 is 0 Å². The molecule has 0 aromatic heterocycles. The Balaban J connectivity index is 2.09. The number of rotatable bonds is 2. The Morgan fingerprint density at radius 1 is 1.15 bits per heavy atom. The molecule has 2 N–H and O–H groups in total. The summed E-state index contributed by atoms with van der Waals surface area (Å²) in [4.78, 5) is 0. The third-order valence-electron chi connectivity index (χ3n) is 2.93. The maximum Gasteiger partial charge on any atom is 0.175 e. The molecule has 20 heavy (non-hydrogen) atoms. The van der Waals surface area contributed by atoms with Crippen LogP contribution in [-0.4, -0.2) is 5.11 Å². The Hall–Kier alpha value is -1.65. The zero-order chi connectivity index (χ0) is 14.7. The van der Waals surface area contributed by atoms with Crippen molar-refractivity contribution in [3.63, 3.8) is 0 Å². The highest BCUT2D eigenvalue weighted by molar-refractivity contribution is 7.80. The molecule has 0 radical (unpaired) electrons. The van der Waals surface area contributed by atoms with Crippen LogP contribution in [0.1, 0.15) is 11.1 Å². The van der Waals surface area contributed by atoms with Gasteiger partial charge in [0.05, 0.1) is 0 Å². The zero-order valence-corrected chi connectivity index (χ0v) is 12.7. The fourth-order valence-corrected chi connectivity index (χ4v) is 2.10. The SMILES string of the molecule is Cc1cc(NC(=S)Nc2cccc(F)c2C)ccc1Cl. The molecule has 2 aromatic rings. The van der Waals surface area contributed by atoms with E-state index in [1.165, 1.54) is 6.07 Å². The molecule has 0 atom stereocenters. The van der Waals surface area contributed by atoms with Gasteiger partial charge in [0.15, 0.2) is 5.11 Å². The van der Waals surface area contributed by atoms with E-state index in [2.05, 4.69) is 10.6 Å². The van der Waals surface area contributed by atoms with E-state index in [1.54, 1.807) is 25.1 Å². The molecule has 0 aliphatic heterocycles. The van der Waals surface area contributed by atoms with Gasteiger partial charge in [-0.2, -0.15) is 0 Å². The fraction of sp³-hybridized carbons (Fsp3) is 0.133. The topological polar surface area (TPSA) is 24.1 Å². The maximum absolute atomic E-state index is 13.4. The maximum atomic E-state index is 13.4. The summed E-state index contributed by atoms with van der Waals surface area (Å²) in [6, 6.07) is 10.4. The first-order valence-corrected chi connectivity index (χ1v) is 6.85. The third kappa shape index (κ3) is 3.46. The first-order chi connectivity index (χ1) is 9.47. The summed E-state index contributed by atoms with van der Waals surface area (Å²) in [5, 5.41) is 7.13. The average molecular weight is 309 g/mol. The smallest absolute Gasteiger partial charge is 0.175 e. The molecule has 0 saturated heterocycles. The van der Waals surface area contributed by atoms with Gasteiger partial charge < -0.3 is 10.6 Å². The van der Waals surface area contributed by atoms with Crippen molar-refractivity contribution in [2.24, 2.45) is 0 Å². The summed E-state index contributed by atoms with van der Waals surface area (Å²) < 4.78 is 13.4. The van der Waals surface area contributed by atoms with Gasteiger partial charge >= 0.3 is 0 Å². The molecule has 0 heterocycles. The normalized spacial score (nSPS) is 10.2. The van der Waals surface area contributed by atoms with Gasteiger partial charge in [-0.15, -0.1) is 0 Å². The number of hydrogen-bond donors (Lipinski definition) is 2. The first kappa shape index (κ1) is 14.8. The monoisotopic (exact) mass is 308 g/mol. The van der Waals surface area contributed by atoms with E-state index in [4.69, 9.17) is 23.8 Å². The lowest BCUT2D eigenvalue weighted by atomic mass is 10.2. The van der Waals surface area contributed by atoms with E-state index in [9.17, 15) is 4.39 Å². The molecule has 5 heteroatoms. The van der Waals surface area contributed by atoms with Crippen molar-refractivity contribution in [1.82, 2.24) is 0 Å². The van der Waals surface area contributed by atoms with Crippen molar-refractivity contribution in [2.45, 2.75) is 13.8 Å². The Labute approximate surface area is 128 Å². The summed E-state index contributed by atoms with van der Waals surface area (Å²) in [5.74, 6) is -0.264. The second kappa shape index (κ2) is 6.20. The Bertz CT molecular complexity index is 658. The highest BCUT2D eigenvalue weighted by atomic mass is 35.5. The second-order valence-electron chi connectivity index (χ2n) is 4.46. The van der Waals surface area contributed by atoms with E-state index in [-0.39, 0.29) is 5.82 Å². The van der Waals surface area contributed by atoms with Gasteiger partial charge in [0, 0.05) is 22.0 Å². The van der Waals surface area contributed by atoms with Crippen LogP contribution in [0.4, 0.5) is 15.8 Å². The van der Waals surface area contributed by atoms with Crippen molar-refractivity contribution in [1.29, 1.82) is 0 Å². The molecule has 0 amide bonds. The minimum absolute atomic E-state index is 0.264. The van der Waals surface area contributed by atoms with Crippen molar-refractivity contribution in [2.75, 3.05) is 10.6 Å². The number of anilines is 2. The van der Waals surface area contributed by atoms with Crippen LogP contribution in [-0.2, 0) is 0 Å². The highest BCUT2D eigenvalue weighted by Gasteiger charge is 2.05. The largest absolute Gasteiger partial charge is 0.332 e. The van der Waals surface area contributed by atoms with E-state index in [0.29, 0.717) is 21.4 Å². The Morgan fingerprint density at radius 3 is 2.60 bits per heavy atom. The Kier molecular flexibility index (Phi) is 4.57. The lowest BCUT2D eigenvalue weighted by Gasteiger charge is -2.13. The lowest BCUT2D eigenvalue weighted by molar-refractivity contribution is 0.619. The summed E-state index contributed by atoms with van der Waals surface area (Å²) in [6.45, 7) is 3.62. The quantitative estimate of drug-likeness (QED) is 0.771. The van der Waals surface area contributed by atoms with Crippen molar-refractivity contribution in [3.8, 4) is 0 Å². The van der Waals surface area contributed by atoms with Gasteiger partial charge in [-0.05, 0) is 62.0 Å². The molecular formula is C15H14ClFN2S. The summed E-state index contributed by atoms with van der Waals surface area (Å²) in [6.07, 6.45) is 0. The number of aryl methyl sites for hydroxylation is 1. The number of benzene rings is 2. The predicted octanol–water partition coefficient (Wildman–Crippen LogP) is 4.90. The molecule has 0 bridgehead atoms. The van der Waals surface area contributed by atoms with Gasteiger partial charge in [-0.25, -0.2) is 4.39 Å². The molecule has 0 aliphatic rings. The van der Waals surface area contributed by atoms with Crippen LogP contribution < -0.4 is 10.6 Å². The number of thiocarbonyl (C=S) groups is 1. The van der Waals surface area contributed by atoms with E-state index in [1.807, 2.05) is 19.1 Å². The van der Waals surface area contributed by atoms with Gasteiger partial charge in [0.1, 0.15) is 5.82 Å². The standard InChI is InChI=1S/C15H14ClFN2S/c1-9-8-11(6-7-12(9)16)18-15(20)19-14-5-3-4-13(17)10(14)2/h3-8H,1-2H3,(H2,18,19,20). The minimum atomic E-state index is -0.264. The van der Waals surface area contributed by atoms with Gasteiger partial charge in [-0.1, -0.05) is 17.7 Å². The number of halogens is 2. The first-order valence-electron chi connectivity index (χ1n) is 6.06. The fourth-order valence-electron chi connectivity index (χ4n) is 1.75. The van der Waals surface area contributed by atoms with Crippen LogP contribution in [0.15, 0.2) is 36.4 Å². The molecule has 0 saturated carbocycles. The Morgan fingerprint density at radius 2 is 1.90 bits per heavy atom. The molecule has 104 valence electrons. The van der Waals surface area contributed by atoms with Crippen LogP contribution in [0.5, 0.6) is 0 Å². The number of hydrogen-bond acceptors (Lipinski definition) is 1. The highest BCUT2D eigenvalue weighted by Crippen LogP contribution is 2.21. The van der Waals surface area contributed by atoms with Crippen LogP contribution >= 0.6 is 23.8 Å². The van der Waals surface area contributed by atoms with Gasteiger partial charge in [-0.3, -0.25) is 0 Å². The second-order valence-corrected chi connectivity index (χ2v) is 5.27. The van der Waals surface area contributed by atoms with E-state index in [0.717, 1.165) is 11.3 Å². The van der Waals surface area contributed by atoms with Crippen LogP contribution in [0.25, 0.3) is 0 Å². The summed E-state index contributed by atoms with van der Waals surface area (Å²) in [7, 11) is 0. The molecule has 2 rings (SSSR count). The van der Waals surface area contributed by atoms with Gasteiger partial charge in [0.2, 0.25) is 0 Å². The molecular weight excluding hydrogens is 295 g/mol. The van der Waals surface area contributed by atoms with Crippen LogP contribution in [0.2, 0.25) is 5.02 Å². The molecule has 0 spiro atoms. The van der Waals surface area contributed by atoms with E-state index < -0.39 is 0 Å². The molecule has 2 nitrogen and oxygen atoms in total. The van der Waals surface area contributed by atoms with Crippen molar-refractivity contribution in [3.05, 3.63) is 58.4 Å². The van der Waals surface area contributed by atoms with Gasteiger partial charge in [0.25, 0.3) is 0 Å². The summed E-state index contributed by atoms with van der Waals surface area (Å²) >= 11 is 11.2. The average Bonchev–Trinajstić information content (AvgIpc) is 2.39. The van der Waals surface area contributed by atoms with Crippen molar-refractivity contribution >= 4 is 40.3 Å². The molecule has 0 fully saturated rings. The third-order valence-corrected chi connectivity index (χ3v) is 3.56. The zero-order valence-electron chi connectivity index (χ0n) is 11.1.